The Kier molecular flexibility index (Phi) is 2.27. The van der Waals surface area contributed by atoms with Crippen LogP contribution in [0.25, 0.3) is 0 Å². The van der Waals surface area contributed by atoms with Gasteiger partial charge in [-0.1, -0.05) is 0 Å². The second kappa shape index (κ2) is 3.58. The Hall–Kier alpha value is -1.03. The number of anilines is 1. The molecule has 0 aromatic carbocycles. The summed E-state index contributed by atoms with van der Waals surface area (Å²) in [6.07, 6.45) is 6.37. The fraction of sp³-hybridized carbons (Fsp3) is 0.625. The third-order valence-electron chi connectivity index (χ3n) is 2.06. The van der Waals surface area contributed by atoms with Gasteiger partial charge in [0.05, 0.1) is 18.0 Å². The summed E-state index contributed by atoms with van der Waals surface area (Å²) in [5.74, 6) is 0. The number of hydrogen-bond donors (Lipinski definition) is 2. The van der Waals surface area contributed by atoms with Gasteiger partial charge in [-0.3, -0.25) is 5.10 Å². The molecule has 12 heavy (non-hydrogen) atoms. The van der Waals surface area contributed by atoms with Gasteiger partial charge < -0.3 is 10.1 Å². The highest BCUT2D eigenvalue weighted by Crippen LogP contribution is 2.12. The van der Waals surface area contributed by atoms with Crippen molar-refractivity contribution in [2.24, 2.45) is 0 Å². The van der Waals surface area contributed by atoms with Crippen molar-refractivity contribution in [2.45, 2.75) is 18.9 Å². The van der Waals surface area contributed by atoms with Crippen LogP contribution in [0.4, 0.5) is 5.69 Å². The summed E-state index contributed by atoms with van der Waals surface area (Å²) >= 11 is 0. The molecule has 1 fully saturated rings. The molecule has 4 heteroatoms. The van der Waals surface area contributed by atoms with Crippen molar-refractivity contribution in [1.82, 2.24) is 10.2 Å². The molecule has 0 spiro atoms. The van der Waals surface area contributed by atoms with Gasteiger partial charge in [-0.25, -0.2) is 0 Å². The van der Waals surface area contributed by atoms with Crippen molar-refractivity contribution < 1.29 is 4.74 Å². The molecule has 1 saturated heterocycles. The van der Waals surface area contributed by atoms with Gasteiger partial charge in [-0.2, -0.15) is 5.10 Å². The van der Waals surface area contributed by atoms with Gasteiger partial charge in [0.2, 0.25) is 0 Å². The van der Waals surface area contributed by atoms with Crippen molar-refractivity contribution in [3.8, 4) is 0 Å². The summed E-state index contributed by atoms with van der Waals surface area (Å²) < 4.78 is 5.46. The maximum atomic E-state index is 5.46. The van der Waals surface area contributed by atoms with E-state index in [4.69, 9.17) is 4.74 Å². The van der Waals surface area contributed by atoms with Crippen LogP contribution in [0.3, 0.4) is 0 Å². The largest absolute Gasteiger partial charge is 0.380 e. The standard InChI is InChI=1S/C8H13N3O/c1-2-8(12-3-1)6-9-7-4-10-11-5-7/h4-5,8-9H,1-3,6H2,(H,10,11). The Balaban J connectivity index is 1.74. The number of aromatic amines is 1. The highest BCUT2D eigenvalue weighted by atomic mass is 16.5. The molecule has 4 nitrogen and oxygen atoms in total. The molecular weight excluding hydrogens is 154 g/mol. The first-order chi connectivity index (χ1) is 5.95. The second-order valence-electron chi connectivity index (χ2n) is 3.00. The minimum Gasteiger partial charge on any atom is -0.380 e. The van der Waals surface area contributed by atoms with Crippen molar-refractivity contribution >= 4 is 5.69 Å². The predicted octanol–water partition coefficient (Wildman–Crippen LogP) is 1.00. The van der Waals surface area contributed by atoms with E-state index in [-0.39, 0.29) is 0 Å². The van der Waals surface area contributed by atoms with E-state index in [0.29, 0.717) is 6.10 Å². The van der Waals surface area contributed by atoms with E-state index in [0.717, 1.165) is 18.8 Å². The lowest BCUT2D eigenvalue weighted by Crippen LogP contribution is -2.17. The van der Waals surface area contributed by atoms with Gasteiger partial charge in [-0.15, -0.1) is 0 Å². The summed E-state index contributed by atoms with van der Waals surface area (Å²) in [6.45, 7) is 1.80. The Labute approximate surface area is 71.3 Å². The number of rotatable bonds is 3. The number of nitrogens with zero attached hydrogens (tertiary/aromatic N) is 1. The maximum Gasteiger partial charge on any atom is 0.0748 e. The molecule has 1 unspecified atom stereocenters. The van der Waals surface area contributed by atoms with E-state index in [2.05, 4.69) is 15.5 Å². The van der Waals surface area contributed by atoms with E-state index in [1.165, 1.54) is 12.8 Å². The molecule has 0 saturated carbocycles. The Morgan fingerprint density at radius 3 is 3.42 bits per heavy atom. The van der Waals surface area contributed by atoms with Crippen LogP contribution in [0, 0.1) is 0 Å². The molecule has 1 atom stereocenters. The van der Waals surface area contributed by atoms with E-state index in [1.807, 2.05) is 6.20 Å². The summed E-state index contributed by atoms with van der Waals surface area (Å²) in [6, 6.07) is 0. The zero-order valence-electron chi connectivity index (χ0n) is 6.92. The van der Waals surface area contributed by atoms with Gasteiger partial charge in [-0.05, 0) is 12.8 Å². The van der Waals surface area contributed by atoms with Gasteiger partial charge >= 0.3 is 0 Å². The van der Waals surface area contributed by atoms with Crippen LogP contribution < -0.4 is 5.32 Å². The molecule has 1 aromatic heterocycles. The van der Waals surface area contributed by atoms with Gasteiger partial charge in [0.25, 0.3) is 0 Å². The number of hydrogen-bond acceptors (Lipinski definition) is 3. The van der Waals surface area contributed by atoms with Crippen molar-refractivity contribution in [3.05, 3.63) is 12.4 Å². The molecule has 0 aliphatic carbocycles. The molecule has 66 valence electrons. The molecular formula is C8H13N3O. The van der Waals surface area contributed by atoms with E-state index in [1.54, 1.807) is 6.20 Å². The molecule has 1 aliphatic heterocycles. The molecule has 1 aliphatic rings. The normalized spacial score (nSPS) is 22.8. The Morgan fingerprint density at radius 2 is 2.75 bits per heavy atom. The van der Waals surface area contributed by atoms with Crippen LogP contribution in [0.15, 0.2) is 12.4 Å². The predicted molar refractivity (Wildman–Crippen MR) is 46.1 cm³/mol. The third kappa shape index (κ3) is 1.76. The average molecular weight is 167 g/mol. The zero-order chi connectivity index (χ0) is 8.23. The fourth-order valence-corrected chi connectivity index (χ4v) is 1.38. The van der Waals surface area contributed by atoms with Crippen molar-refractivity contribution in [3.63, 3.8) is 0 Å². The maximum absolute atomic E-state index is 5.46. The number of ether oxygens (including phenoxy) is 1. The van der Waals surface area contributed by atoms with Crippen LogP contribution >= 0.6 is 0 Å². The highest BCUT2D eigenvalue weighted by molar-refractivity contribution is 5.37. The first-order valence-corrected chi connectivity index (χ1v) is 4.29. The van der Waals surface area contributed by atoms with Crippen LogP contribution in [0.5, 0.6) is 0 Å². The Bertz CT molecular complexity index is 216. The zero-order valence-corrected chi connectivity index (χ0v) is 6.92. The SMILES string of the molecule is c1n[nH]cc1NCC1CCCO1. The smallest absolute Gasteiger partial charge is 0.0748 e. The molecule has 2 N–H and O–H groups in total. The van der Waals surface area contributed by atoms with Crippen LogP contribution in [0.1, 0.15) is 12.8 Å². The first kappa shape index (κ1) is 7.61. The summed E-state index contributed by atoms with van der Waals surface area (Å²) in [5, 5.41) is 9.84. The Morgan fingerprint density at radius 1 is 1.75 bits per heavy atom. The van der Waals surface area contributed by atoms with Gasteiger partial charge in [0, 0.05) is 19.3 Å². The second-order valence-corrected chi connectivity index (χ2v) is 3.00. The lowest BCUT2D eigenvalue weighted by molar-refractivity contribution is 0.120. The van der Waals surface area contributed by atoms with Crippen LogP contribution in [-0.2, 0) is 4.74 Å². The number of aromatic nitrogens is 2. The molecule has 1 aromatic rings. The number of H-pyrrole nitrogens is 1. The summed E-state index contributed by atoms with van der Waals surface area (Å²) in [5.41, 5.74) is 1.03. The highest BCUT2D eigenvalue weighted by Gasteiger charge is 2.14. The van der Waals surface area contributed by atoms with E-state index >= 15 is 0 Å². The van der Waals surface area contributed by atoms with Crippen molar-refractivity contribution in [1.29, 1.82) is 0 Å². The lowest BCUT2D eigenvalue weighted by Gasteiger charge is -2.09. The van der Waals surface area contributed by atoms with Crippen LogP contribution in [-0.4, -0.2) is 29.5 Å². The van der Waals surface area contributed by atoms with Crippen LogP contribution in [0.2, 0.25) is 0 Å². The quantitative estimate of drug-likeness (QED) is 0.706. The third-order valence-corrected chi connectivity index (χ3v) is 2.06. The molecule has 2 rings (SSSR count). The lowest BCUT2D eigenvalue weighted by atomic mass is 10.2. The molecule has 0 amide bonds. The van der Waals surface area contributed by atoms with Gasteiger partial charge in [0.15, 0.2) is 0 Å². The minimum absolute atomic E-state index is 0.389. The molecule has 0 bridgehead atoms. The average Bonchev–Trinajstić information content (AvgIpc) is 2.74. The first-order valence-electron chi connectivity index (χ1n) is 4.29. The van der Waals surface area contributed by atoms with Crippen molar-refractivity contribution in [2.75, 3.05) is 18.5 Å². The fourth-order valence-electron chi connectivity index (χ4n) is 1.38. The van der Waals surface area contributed by atoms with E-state index < -0.39 is 0 Å². The minimum atomic E-state index is 0.389. The summed E-state index contributed by atoms with van der Waals surface area (Å²) in [7, 11) is 0. The number of nitrogens with one attached hydrogen (secondary N) is 2. The molecule has 0 radical (unpaired) electrons. The van der Waals surface area contributed by atoms with Gasteiger partial charge in [0.1, 0.15) is 0 Å². The monoisotopic (exact) mass is 167 g/mol. The molecule has 2 heterocycles. The summed E-state index contributed by atoms with van der Waals surface area (Å²) in [4.78, 5) is 0. The topological polar surface area (TPSA) is 49.9 Å². The van der Waals surface area contributed by atoms with E-state index in [9.17, 15) is 0 Å².